The summed E-state index contributed by atoms with van der Waals surface area (Å²) in [6, 6.07) is 0.290. The first-order chi connectivity index (χ1) is 8.08. The van der Waals surface area contributed by atoms with Gasteiger partial charge < -0.3 is 10.1 Å². The topological polar surface area (TPSA) is 38.3 Å². The van der Waals surface area contributed by atoms with E-state index < -0.39 is 5.60 Å². The van der Waals surface area contributed by atoms with Crippen LogP contribution in [0.3, 0.4) is 0 Å². The third kappa shape index (κ3) is 5.28. The first-order valence-corrected chi connectivity index (χ1v) is 7.07. The van der Waals surface area contributed by atoms with Gasteiger partial charge in [0.2, 0.25) is 0 Å². The predicted octanol–water partition coefficient (Wildman–Crippen LogP) is 4.12. The molecule has 0 radical (unpaired) electrons. The quantitative estimate of drug-likeness (QED) is 0.765. The molecule has 0 spiro atoms. The molecule has 3 nitrogen and oxygen atoms in total. The highest BCUT2D eigenvalue weighted by Crippen LogP contribution is 2.37. The van der Waals surface area contributed by atoms with E-state index in [1.807, 2.05) is 20.8 Å². The summed E-state index contributed by atoms with van der Waals surface area (Å²) in [5, 5.41) is 2.99. The molecule has 1 saturated carbocycles. The lowest BCUT2D eigenvalue weighted by atomic mass is 9.71. The maximum Gasteiger partial charge on any atom is 0.407 e. The molecule has 0 unspecified atom stereocenters. The molecule has 0 atom stereocenters. The molecule has 1 N–H and O–H groups in total. The molecule has 0 aromatic rings. The second-order valence-corrected chi connectivity index (χ2v) is 7.56. The van der Waals surface area contributed by atoms with Crippen molar-refractivity contribution < 1.29 is 9.53 Å². The molecular weight excluding hydrogens is 226 g/mol. The lowest BCUT2D eigenvalue weighted by molar-refractivity contribution is 0.0475. The third-order valence-corrected chi connectivity index (χ3v) is 3.67. The number of carbonyl (C=O) groups excluding carboxylic acids is 1. The average molecular weight is 255 g/mol. The summed E-state index contributed by atoms with van der Waals surface area (Å²) in [6.45, 7) is 12.6. The number of hydrogen-bond donors (Lipinski definition) is 1. The normalized spacial score (nSPS) is 25.7. The van der Waals surface area contributed by atoms with Gasteiger partial charge in [-0.1, -0.05) is 20.8 Å². The molecule has 0 bridgehead atoms. The maximum absolute atomic E-state index is 11.7. The van der Waals surface area contributed by atoms with Crippen LogP contribution >= 0.6 is 0 Å². The Hall–Kier alpha value is -0.730. The van der Waals surface area contributed by atoms with Crippen LogP contribution in [-0.2, 0) is 4.74 Å². The van der Waals surface area contributed by atoms with E-state index in [4.69, 9.17) is 4.74 Å². The van der Waals surface area contributed by atoms with E-state index in [2.05, 4.69) is 26.1 Å². The molecule has 1 rings (SSSR count). The van der Waals surface area contributed by atoms with Gasteiger partial charge in [0.05, 0.1) is 0 Å². The van der Waals surface area contributed by atoms with Crippen LogP contribution in [0.4, 0.5) is 4.79 Å². The van der Waals surface area contributed by atoms with E-state index in [0.29, 0.717) is 11.5 Å². The Morgan fingerprint density at radius 1 is 1.00 bits per heavy atom. The molecule has 1 aliphatic rings. The van der Waals surface area contributed by atoms with Gasteiger partial charge in [-0.05, 0) is 57.8 Å². The molecule has 106 valence electrons. The minimum atomic E-state index is -0.410. The van der Waals surface area contributed by atoms with Crippen molar-refractivity contribution in [2.45, 2.75) is 78.9 Å². The first kappa shape index (κ1) is 15.3. The molecule has 0 saturated heterocycles. The van der Waals surface area contributed by atoms with Crippen LogP contribution in [0.25, 0.3) is 0 Å². The predicted molar refractivity (Wildman–Crippen MR) is 74.6 cm³/mol. The van der Waals surface area contributed by atoms with Gasteiger partial charge in [0.25, 0.3) is 0 Å². The second kappa shape index (κ2) is 5.50. The second-order valence-electron chi connectivity index (χ2n) is 7.56. The van der Waals surface area contributed by atoms with Crippen molar-refractivity contribution in [2.75, 3.05) is 0 Å². The number of rotatable bonds is 1. The number of amides is 1. The van der Waals surface area contributed by atoms with Gasteiger partial charge in [0, 0.05) is 6.04 Å². The Morgan fingerprint density at radius 3 is 1.89 bits per heavy atom. The van der Waals surface area contributed by atoms with Crippen molar-refractivity contribution in [2.24, 2.45) is 11.3 Å². The zero-order valence-electron chi connectivity index (χ0n) is 12.8. The summed E-state index contributed by atoms with van der Waals surface area (Å²) in [5.74, 6) is 0.772. The van der Waals surface area contributed by atoms with Gasteiger partial charge in [0.1, 0.15) is 5.60 Å². The summed E-state index contributed by atoms with van der Waals surface area (Å²) in [6.07, 6.45) is 4.26. The molecule has 0 aliphatic heterocycles. The van der Waals surface area contributed by atoms with E-state index >= 15 is 0 Å². The molecular formula is C15H29NO2. The van der Waals surface area contributed by atoms with Gasteiger partial charge in [-0.25, -0.2) is 4.79 Å². The van der Waals surface area contributed by atoms with Crippen LogP contribution in [-0.4, -0.2) is 17.7 Å². The molecule has 1 amide bonds. The van der Waals surface area contributed by atoms with E-state index in [0.717, 1.165) is 18.8 Å². The molecule has 1 aliphatic carbocycles. The van der Waals surface area contributed by atoms with Gasteiger partial charge >= 0.3 is 6.09 Å². The van der Waals surface area contributed by atoms with Crippen molar-refractivity contribution >= 4 is 6.09 Å². The van der Waals surface area contributed by atoms with Crippen LogP contribution in [0, 0.1) is 11.3 Å². The van der Waals surface area contributed by atoms with Crippen LogP contribution < -0.4 is 5.32 Å². The highest BCUT2D eigenvalue weighted by Gasteiger charge is 2.30. The smallest absolute Gasteiger partial charge is 0.407 e. The minimum absolute atomic E-state index is 0.276. The summed E-state index contributed by atoms with van der Waals surface area (Å²) < 4.78 is 5.28. The molecule has 0 aromatic carbocycles. The van der Waals surface area contributed by atoms with E-state index in [1.54, 1.807) is 0 Å². The van der Waals surface area contributed by atoms with Crippen molar-refractivity contribution in [3.8, 4) is 0 Å². The Bertz CT molecular complexity index is 278. The van der Waals surface area contributed by atoms with Gasteiger partial charge in [-0.2, -0.15) is 0 Å². The highest BCUT2D eigenvalue weighted by molar-refractivity contribution is 5.68. The Labute approximate surface area is 112 Å². The number of ether oxygens (including phenoxy) is 1. The van der Waals surface area contributed by atoms with Crippen LogP contribution in [0.15, 0.2) is 0 Å². The first-order valence-electron chi connectivity index (χ1n) is 7.07. The maximum atomic E-state index is 11.7. The summed E-state index contributed by atoms with van der Waals surface area (Å²) in [4.78, 5) is 11.7. The molecule has 0 heterocycles. The Balaban J connectivity index is 2.34. The number of carbonyl (C=O) groups is 1. The number of nitrogens with one attached hydrogen (secondary N) is 1. The fraction of sp³-hybridized carbons (Fsp3) is 0.933. The van der Waals surface area contributed by atoms with Gasteiger partial charge in [-0.3, -0.25) is 0 Å². The van der Waals surface area contributed by atoms with E-state index in [1.165, 1.54) is 12.8 Å². The van der Waals surface area contributed by atoms with Crippen molar-refractivity contribution in [1.82, 2.24) is 5.32 Å². The molecule has 0 aromatic heterocycles. The zero-order chi connectivity index (χ0) is 14.0. The SMILES string of the molecule is CC(C)(C)OC(=O)N[C@H]1CC[C@@H](C(C)(C)C)CC1. The Morgan fingerprint density at radius 2 is 1.50 bits per heavy atom. The zero-order valence-corrected chi connectivity index (χ0v) is 12.8. The summed E-state index contributed by atoms with van der Waals surface area (Å²) >= 11 is 0. The summed E-state index contributed by atoms with van der Waals surface area (Å²) in [7, 11) is 0. The molecule has 1 fully saturated rings. The molecule has 18 heavy (non-hydrogen) atoms. The number of alkyl carbamates (subject to hydrolysis) is 1. The average Bonchev–Trinajstić information content (AvgIpc) is 2.13. The Kier molecular flexibility index (Phi) is 4.68. The lowest BCUT2D eigenvalue weighted by Crippen LogP contribution is -2.42. The van der Waals surface area contributed by atoms with Crippen LogP contribution in [0.2, 0.25) is 0 Å². The fourth-order valence-electron chi connectivity index (χ4n) is 2.58. The third-order valence-electron chi connectivity index (χ3n) is 3.67. The fourth-order valence-corrected chi connectivity index (χ4v) is 2.58. The lowest BCUT2D eigenvalue weighted by Gasteiger charge is -2.37. The number of hydrogen-bond acceptors (Lipinski definition) is 2. The molecule has 3 heteroatoms. The largest absolute Gasteiger partial charge is 0.444 e. The van der Waals surface area contributed by atoms with Crippen molar-refractivity contribution in [3.63, 3.8) is 0 Å². The highest BCUT2D eigenvalue weighted by atomic mass is 16.6. The van der Waals surface area contributed by atoms with Crippen LogP contribution in [0.5, 0.6) is 0 Å². The van der Waals surface area contributed by atoms with Crippen molar-refractivity contribution in [1.29, 1.82) is 0 Å². The monoisotopic (exact) mass is 255 g/mol. The van der Waals surface area contributed by atoms with E-state index in [9.17, 15) is 4.79 Å². The minimum Gasteiger partial charge on any atom is -0.444 e. The van der Waals surface area contributed by atoms with Gasteiger partial charge in [-0.15, -0.1) is 0 Å². The summed E-state index contributed by atoms with van der Waals surface area (Å²) in [5.41, 5.74) is -0.0242. The van der Waals surface area contributed by atoms with Gasteiger partial charge in [0.15, 0.2) is 0 Å². The van der Waals surface area contributed by atoms with E-state index in [-0.39, 0.29) is 6.09 Å². The standard InChI is InChI=1S/C15H29NO2/c1-14(2,3)11-7-9-12(10-8-11)16-13(17)18-15(4,5)6/h11-12H,7-10H2,1-6H3,(H,16,17)/t11-,12+. The van der Waals surface area contributed by atoms with Crippen LogP contribution in [0.1, 0.15) is 67.2 Å². The van der Waals surface area contributed by atoms with Crippen molar-refractivity contribution in [3.05, 3.63) is 0 Å².